The van der Waals surface area contributed by atoms with Crippen molar-refractivity contribution in [3.63, 3.8) is 0 Å². The molecule has 1 N–H and O–H groups in total. The minimum Gasteiger partial charge on any atom is -0.487 e. The van der Waals surface area contributed by atoms with E-state index >= 15 is 0 Å². The Hall–Kier alpha value is -1.74. The number of hydrogen-bond donors (Lipinski definition) is 1. The molecule has 0 saturated heterocycles. The molecule has 0 amide bonds. The van der Waals surface area contributed by atoms with Crippen molar-refractivity contribution in [2.24, 2.45) is 0 Å². The lowest BCUT2D eigenvalue weighted by Gasteiger charge is -2.16. The summed E-state index contributed by atoms with van der Waals surface area (Å²) < 4.78 is 11.2. The fraction of sp³-hybridized carbons (Fsp3) is 0.375. The summed E-state index contributed by atoms with van der Waals surface area (Å²) in [6, 6.07) is 10.3. The van der Waals surface area contributed by atoms with E-state index in [0.717, 1.165) is 31.0 Å². The van der Waals surface area contributed by atoms with Crippen LogP contribution in [-0.2, 0) is 19.5 Å². The Morgan fingerprint density at radius 3 is 2.89 bits per heavy atom. The topological polar surface area (TPSA) is 34.4 Å². The maximum atomic E-state index is 5.88. The zero-order valence-corrected chi connectivity index (χ0v) is 11.4. The van der Waals surface area contributed by atoms with E-state index in [-0.39, 0.29) is 5.60 Å². The largest absolute Gasteiger partial charge is 0.487 e. The molecule has 0 spiro atoms. The molecule has 3 rings (SSSR count). The van der Waals surface area contributed by atoms with Gasteiger partial charge in [0.2, 0.25) is 0 Å². The Bertz CT molecular complexity index is 558. The second-order valence-corrected chi connectivity index (χ2v) is 5.66. The molecule has 1 aromatic carbocycles. The molecule has 0 bridgehead atoms. The molecule has 3 nitrogen and oxygen atoms in total. The summed E-state index contributed by atoms with van der Waals surface area (Å²) >= 11 is 0. The summed E-state index contributed by atoms with van der Waals surface area (Å²) in [6.45, 7) is 5.85. The molecule has 19 heavy (non-hydrogen) atoms. The summed E-state index contributed by atoms with van der Waals surface area (Å²) in [5, 5.41) is 3.38. The molecule has 1 aliphatic heterocycles. The lowest BCUT2D eigenvalue weighted by atomic mass is 10.0. The highest BCUT2D eigenvalue weighted by atomic mass is 16.5. The van der Waals surface area contributed by atoms with Gasteiger partial charge in [-0.15, -0.1) is 0 Å². The second kappa shape index (κ2) is 4.74. The minimum atomic E-state index is -0.0669. The van der Waals surface area contributed by atoms with E-state index in [2.05, 4.69) is 37.4 Å². The maximum absolute atomic E-state index is 5.88. The molecule has 2 aromatic rings. The van der Waals surface area contributed by atoms with Gasteiger partial charge in [-0.05, 0) is 43.2 Å². The number of nitrogens with one attached hydrogen (secondary N) is 1. The average molecular weight is 257 g/mol. The molecule has 1 aliphatic rings. The van der Waals surface area contributed by atoms with Gasteiger partial charge in [0.15, 0.2) is 0 Å². The molecular weight excluding hydrogens is 238 g/mol. The first-order valence-electron chi connectivity index (χ1n) is 6.66. The lowest BCUT2D eigenvalue weighted by Crippen LogP contribution is -2.24. The van der Waals surface area contributed by atoms with Gasteiger partial charge in [0.25, 0.3) is 0 Å². The minimum absolute atomic E-state index is 0.0669. The zero-order valence-electron chi connectivity index (χ0n) is 11.4. The first kappa shape index (κ1) is 12.3. The molecule has 0 atom stereocenters. The van der Waals surface area contributed by atoms with Gasteiger partial charge in [0, 0.05) is 13.0 Å². The fourth-order valence-electron chi connectivity index (χ4n) is 2.52. The summed E-state index contributed by atoms with van der Waals surface area (Å²) in [6.07, 6.45) is 2.68. The van der Waals surface area contributed by atoms with Gasteiger partial charge in [0.1, 0.15) is 17.1 Å². The third-order valence-corrected chi connectivity index (χ3v) is 3.34. The van der Waals surface area contributed by atoms with E-state index in [4.69, 9.17) is 9.15 Å². The van der Waals surface area contributed by atoms with Gasteiger partial charge in [-0.3, -0.25) is 0 Å². The third-order valence-electron chi connectivity index (χ3n) is 3.34. The molecule has 100 valence electrons. The number of furan rings is 1. The summed E-state index contributed by atoms with van der Waals surface area (Å²) in [7, 11) is 0. The highest BCUT2D eigenvalue weighted by Crippen LogP contribution is 2.35. The van der Waals surface area contributed by atoms with Gasteiger partial charge in [-0.1, -0.05) is 12.1 Å². The van der Waals surface area contributed by atoms with Crippen molar-refractivity contribution in [3.05, 3.63) is 53.5 Å². The third kappa shape index (κ3) is 2.82. The molecule has 2 heterocycles. The Morgan fingerprint density at radius 1 is 1.21 bits per heavy atom. The summed E-state index contributed by atoms with van der Waals surface area (Å²) in [5.74, 6) is 1.99. The van der Waals surface area contributed by atoms with Crippen LogP contribution >= 0.6 is 0 Å². The van der Waals surface area contributed by atoms with E-state index in [0.29, 0.717) is 0 Å². The van der Waals surface area contributed by atoms with Crippen molar-refractivity contribution in [3.8, 4) is 5.75 Å². The van der Waals surface area contributed by atoms with Crippen LogP contribution < -0.4 is 10.1 Å². The van der Waals surface area contributed by atoms with Gasteiger partial charge < -0.3 is 14.5 Å². The first-order chi connectivity index (χ1) is 9.12. The Labute approximate surface area is 113 Å². The van der Waals surface area contributed by atoms with Gasteiger partial charge in [-0.2, -0.15) is 0 Å². The van der Waals surface area contributed by atoms with Crippen LogP contribution in [-0.4, -0.2) is 5.60 Å². The molecule has 0 aliphatic carbocycles. The van der Waals surface area contributed by atoms with Gasteiger partial charge >= 0.3 is 0 Å². The molecule has 0 radical (unpaired) electrons. The molecule has 0 fully saturated rings. The molecule has 0 unspecified atom stereocenters. The van der Waals surface area contributed by atoms with Crippen molar-refractivity contribution in [2.45, 2.75) is 39.0 Å². The smallest absolute Gasteiger partial charge is 0.123 e. The van der Waals surface area contributed by atoms with E-state index in [1.807, 2.05) is 12.1 Å². The normalized spacial score (nSPS) is 16.1. The predicted octanol–water partition coefficient (Wildman–Crippen LogP) is 3.28. The standard InChI is InChI=1S/C16H19NO2/c1-16(2)9-13-8-12(5-6-15(13)19-16)10-17-11-14-4-3-7-18-14/h3-8,17H,9-11H2,1-2H3. The number of hydrogen-bond acceptors (Lipinski definition) is 3. The Balaban J connectivity index is 1.61. The maximum Gasteiger partial charge on any atom is 0.123 e. The van der Waals surface area contributed by atoms with E-state index in [9.17, 15) is 0 Å². The summed E-state index contributed by atoms with van der Waals surface area (Å²) in [5.41, 5.74) is 2.52. The highest BCUT2D eigenvalue weighted by molar-refractivity contribution is 5.41. The van der Waals surface area contributed by atoms with Gasteiger partial charge in [0.05, 0.1) is 12.8 Å². The number of fused-ring (bicyclic) bond motifs is 1. The van der Waals surface area contributed by atoms with E-state index < -0.39 is 0 Å². The Morgan fingerprint density at radius 2 is 2.11 bits per heavy atom. The van der Waals surface area contributed by atoms with Crippen molar-refractivity contribution < 1.29 is 9.15 Å². The predicted molar refractivity (Wildman–Crippen MR) is 74.1 cm³/mol. The number of benzene rings is 1. The lowest BCUT2D eigenvalue weighted by molar-refractivity contribution is 0.138. The van der Waals surface area contributed by atoms with Crippen molar-refractivity contribution >= 4 is 0 Å². The molecule has 0 saturated carbocycles. The quantitative estimate of drug-likeness (QED) is 0.912. The molecule has 3 heteroatoms. The SMILES string of the molecule is CC1(C)Cc2cc(CNCc3ccco3)ccc2O1. The van der Waals surface area contributed by atoms with E-state index in [1.54, 1.807) is 6.26 Å². The van der Waals surface area contributed by atoms with Gasteiger partial charge in [-0.25, -0.2) is 0 Å². The highest BCUT2D eigenvalue weighted by Gasteiger charge is 2.29. The van der Waals surface area contributed by atoms with Crippen LogP contribution in [0.1, 0.15) is 30.7 Å². The first-order valence-corrected chi connectivity index (χ1v) is 6.66. The number of rotatable bonds is 4. The summed E-state index contributed by atoms with van der Waals surface area (Å²) in [4.78, 5) is 0. The number of ether oxygens (including phenoxy) is 1. The van der Waals surface area contributed by atoms with Crippen molar-refractivity contribution in [1.82, 2.24) is 5.32 Å². The zero-order chi connectivity index (χ0) is 13.3. The van der Waals surface area contributed by atoms with Crippen LogP contribution in [0.15, 0.2) is 41.0 Å². The molecular formula is C16H19NO2. The monoisotopic (exact) mass is 257 g/mol. The van der Waals surface area contributed by atoms with Crippen LogP contribution in [0.5, 0.6) is 5.75 Å². The Kier molecular flexibility index (Phi) is 3.07. The fourth-order valence-corrected chi connectivity index (χ4v) is 2.52. The van der Waals surface area contributed by atoms with Crippen LogP contribution in [0, 0.1) is 0 Å². The van der Waals surface area contributed by atoms with Crippen LogP contribution in [0.2, 0.25) is 0 Å². The average Bonchev–Trinajstić information content (AvgIpc) is 2.94. The van der Waals surface area contributed by atoms with Crippen molar-refractivity contribution in [2.75, 3.05) is 0 Å². The van der Waals surface area contributed by atoms with Crippen molar-refractivity contribution in [1.29, 1.82) is 0 Å². The molecule has 1 aromatic heterocycles. The van der Waals surface area contributed by atoms with Crippen LogP contribution in [0.3, 0.4) is 0 Å². The second-order valence-electron chi connectivity index (χ2n) is 5.66. The van der Waals surface area contributed by atoms with Crippen LogP contribution in [0.25, 0.3) is 0 Å². The van der Waals surface area contributed by atoms with Crippen LogP contribution in [0.4, 0.5) is 0 Å². The van der Waals surface area contributed by atoms with E-state index in [1.165, 1.54) is 11.1 Å².